The molecule has 0 bridgehead atoms. The van der Waals surface area contributed by atoms with Crippen LogP contribution in [0, 0.1) is 0 Å². The normalized spacial score (nSPS) is 10.1. The highest BCUT2D eigenvalue weighted by atomic mass is 35.5. The molecule has 0 saturated heterocycles. The van der Waals surface area contributed by atoms with Crippen LogP contribution in [0.2, 0.25) is 4.47 Å². The van der Waals surface area contributed by atoms with E-state index in [0.29, 0.717) is 16.1 Å². The second-order valence-electron chi connectivity index (χ2n) is 3.38. The Labute approximate surface area is 113 Å². The smallest absolute Gasteiger partial charge is 0.307 e. The van der Waals surface area contributed by atoms with Gasteiger partial charge in [-0.2, -0.15) is 0 Å². The van der Waals surface area contributed by atoms with Gasteiger partial charge in [0.1, 0.15) is 0 Å². The highest BCUT2D eigenvalue weighted by molar-refractivity contribution is 7.19. The van der Waals surface area contributed by atoms with Crippen molar-refractivity contribution in [2.24, 2.45) is 0 Å². The molecule has 2 aromatic rings. The van der Waals surface area contributed by atoms with Crippen LogP contribution in [0.1, 0.15) is 6.92 Å². The van der Waals surface area contributed by atoms with Crippen molar-refractivity contribution in [2.75, 3.05) is 16.8 Å². The second kappa shape index (κ2) is 5.79. The fraction of sp³-hybridized carbons (Fsp3) is 0.182. The van der Waals surface area contributed by atoms with Gasteiger partial charge >= 0.3 is 6.03 Å². The van der Waals surface area contributed by atoms with Crippen molar-refractivity contribution < 1.29 is 4.79 Å². The molecule has 0 aliphatic carbocycles. The van der Waals surface area contributed by atoms with Crippen molar-refractivity contribution in [2.45, 2.75) is 6.92 Å². The number of carbonyl (C=O) groups is 1. The third-order valence-electron chi connectivity index (χ3n) is 2.21. The number of hydrogen-bond donors (Lipinski definition) is 1. The molecule has 0 fully saturated rings. The molecule has 0 spiro atoms. The lowest BCUT2D eigenvalue weighted by atomic mass is 10.3. The van der Waals surface area contributed by atoms with Gasteiger partial charge in [-0.1, -0.05) is 29.5 Å². The SMILES string of the molecule is CCN(C(=O)Nc1ccccc1)c1nnc(Cl)s1. The van der Waals surface area contributed by atoms with Crippen LogP contribution in [0.3, 0.4) is 0 Å². The van der Waals surface area contributed by atoms with Gasteiger partial charge in [-0.15, -0.1) is 10.2 Å². The van der Waals surface area contributed by atoms with Crippen LogP contribution in [0.5, 0.6) is 0 Å². The number of urea groups is 1. The molecule has 2 rings (SSSR count). The van der Waals surface area contributed by atoms with Gasteiger partial charge in [0.15, 0.2) is 0 Å². The second-order valence-corrected chi connectivity index (χ2v) is 4.92. The summed E-state index contributed by atoms with van der Waals surface area (Å²) in [5, 5.41) is 10.8. The highest BCUT2D eigenvalue weighted by Crippen LogP contribution is 2.24. The molecule has 18 heavy (non-hydrogen) atoms. The molecule has 5 nitrogen and oxygen atoms in total. The summed E-state index contributed by atoms with van der Waals surface area (Å²) < 4.78 is 0.316. The molecule has 0 saturated carbocycles. The summed E-state index contributed by atoms with van der Waals surface area (Å²) >= 11 is 6.88. The van der Waals surface area contributed by atoms with E-state index in [4.69, 9.17) is 11.6 Å². The largest absolute Gasteiger partial charge is 0.328 e. The Morgan fingerprint density at radius 1 is 1.39 bits per heavy atom. The van der Waals surface area contributed by atoms with Gasteiger partial charge < -0.3 is 5.32 Å². The number of hydrogen-bond acceptors (Lipinski definition) is 4. The fourth-order valence-electron chi connectivity index (χ4n) is 1.39. The van der Waals surface area contributed by atoms with E-state index in [1.807, 2.05) is 37.3 Å². The molecule has 0 unspecified atom stereocenters. The zero-order chi connectivity index (χ0) is 13.0. The lowest BCUT2D eigenvalue weighted by Crippen LogP contribution is -2.34. The highest BCUT2D eigenvalue weighted by Gasteiger charge is 2.17. The minimum absolute atomic E-state index is 0.253. The number of nitrogens with one attached hydrogen (secondary N) is 1. The zero-order valence-electron chi connectivity index (χ0n) is 9.63. The first-order valence-corrected chi connectivity index (χ1v) is 6.52. The molecule has 94 valence electrons. The van der Waals surface area contributed by atoms with E-state index >= 15 is 0 Å². The molecular weight excluding hydrogens is 272 g/mol. The Bertz CT molecular complexity index is 531. The number of nitrogens with zero attached hydrogens (tertiary/aromatic N) is 3. The van der Waals surface area contributed by atoms with Crippen molar-refractivity contribution in [3.63, 3.8) is 0 Å². The third kappa shape index (κ3) is 2.96. The predicted molar refractivity (Wildman–Crippen MR) is 73.4 cm³/mol. The molecular formula is C11H11ClN4OS. The van der Waals surface area contributed by atoms with Gasteiger partial charge in [-0.3, -0.25) is 4.90 Å². The van der Waals surface area contributed by atoms with Crippen molar-refractivity contribution in [1.82, 2.24) is 10.2 Å². The van der Waals surface area contributed by atoms with Crippen LogP contribution in [0.4, 0.5) is 15.6 Å². The Balaban J connectivity index is 2.11. The van der Waals surface area contributed by atoms with Gasteiger partial charge in [0.05, 0.1) is 0 Å². The lowest BCUT2D eigenvalue weighted by molar-refractivity contribution is 0.257. The van der Waals surface area contributed by atoms with E-state index in [0.717, 1.165) is 5.69 Å². The molecule has 2 amide bonds. The third-order valence-corrected chi connectivity index (χ3v) is 3.25. The molecule has 7 heteroatoms. The summed E-state index contributed by atoms with van der Waals surface area (Å²) in [6.07, 6.45) is 0. The van der Waals surface area contributed by atoms with Crippen LogP contribution in [0.15, 0.2) is 30.3 Å². The van der Waals surface area contributed by atoms with E-state index in [1.54, 1.807) is 0 Å². The minimum Gasteiger partial charge on any atom is -0.307 e. The average Bonchev–Trinajstić information content (AvgIpc) is 2.78. The summed E-state index contributed by atoms with van der Waals surface area (Å²) in [6.45, 7) is 2.35. The fourth-order valence-corrected chi connectivity index (χ4v) is 2.27. The molecule has 1 heterocycles. The standard InChI is InChI=1S/C11H11ClN4OS/c1-2-16(11-15-14-9(12)18-11)10(17)13-8-6-4-3-5-7-8/h3-7H,2H2,1H3,(H,13,17). The van der Waals surface area contributed by atoms with Crippen LogP contribution >= 0.6 is 22.9 Å². The van der Waals surface area contributed by atoms with Gasteiger partial charge in [-0.05, 0) is 30.7 Å². The number of aromatic nitrogens is 2. The topological polar surface area (TPSA) is 58.1 Å². The maximum atomic E-state index is 12.1. The first-order chi connectivity index (χ1) is 8.70. The predicted octanol–water partition coefficient (Wildman–Crippen LogP) is 3.25. The van der Waals surface area contributed by atoms with E-state index in [-0.39, 0.29) is 6.03 Å². The average molecular weight is 283 g/mol. The molecule has 1 aromatic carbocycles. The molecule has 0 aliphatic rings. The van der Waals surface area contributed by atoms with Crippen molar-refractivity contribution in [3.8, 4) is 0 Å². The number of anilines is 2. The summed E-state index contributed by atoms with van der Waals surface area (Å²) in [7, 11) is 0. The number of amides is 2. The number of halogens is 1. The number of para-hydroxylation sites is 1. The minimum atomic E-state index is -0.253. The van der Waals surface area contributed by atoms with Crippen LogP contribution in [0.25, 0.3) is 0 Å². The monoisotopic (exact) mass is 282 g/mol. The Morgan fingerprint density at radius 2 is 2.11 bits per heavy atom. The molecule has 0 radical (unpaired) electrons. The van der Waals surface area contributed by atoms with Crippen molar-refractivity contribution >= 4 is 39.8 Å². The van der Waals surface area contributed by atoms with Gasteiger partial charge in [0.25, 0.3) is 0 Å². The number of rotatable bonds is 3. The van der Waals surface area contributed by atoms with Gasteiger partial charge in [-0.25, -0.2) is 4.79 Å². The maximum absolute atomic E-state index is 12.1. The molecule has 0 aliphatic heterocycles. The van der Waals surface area contributed by atoms with Gasteiger partial charge in [0.2, 0.25) is 9.60 Å². The lowest BCUT2D eigenvalue weighted by Gasteiger charge is -2.17. The quantitative estimate of drug-likeness (QED) is 0.940. The summed E-state index contributed by atoms with van der Waals surface area (Å²) in [6, 6.07) is 8.98. The van der Waals surface area contributed by atoms with E-state index in [1.165, 1.54) is 16.2 Å². The van der Waals surface area contributed by atoms with E-state index in [2.05, 4.69) is 15.5 Å². The summed E-state index contributed by atoms with van der Waals surface area (Å²) in [5.74, 6) is 0. The van der Waals surface area contributed by atoms with Crippen LogP contribution in [-0.4, -0.2) is 22.8 Å². The van der Waals surface area contributed by atoms with Crippen molar-refractivity contribution in [1.29, 1.82) is 0 Å². The van der Waals surface area contributed by atoms with Crippen molar-refractivity contribution in [3.05, 3.63) is 34.8 Å². The molecule has 1 N–H and O–H groups in total. The van der Waals surface area contributed by atoms with Crippen LogP contribution in [-0.2, 0) is 0 Å². The zero-order valence-corrected chi connectivity index (χ0v) is 11.2. The molecule has 0 atom stereocenters. The Kier molecular flexibility index (Phi) is 4.11. The van der Waals surface area contributed by atoms with Gasteiger partial charge in [0, 0.05) is 12.2 Å². The molecule has 1 aromatic heterocycles. The van der Waals surface area contributed by atoms with Crippen LogP contribution < -0.4 is 10.2 Å². The number of carbonyl (C=O) groups excluding carboxylic acids is 1. The van der Waals surface area contributed by atoms with E-state index in [9.17, 15) is 4.79 Å². The first-order valence-electron chi connectivity index (χ1n) is 5.33. The van der Waals surface area contributed by atoms with E-state index < -0.39 is 0 Å². The maximum Gasteiger partial charge on any atom is 0.328 e. The Hall–Kier alpha value is -1.66. The first kappa shape index (κ1) is 12.8. The summed E-state index contributed by atoms with van der Waals surface area (Å²) in [4.78, 5) is 13.5. The summed E-state index contributed by atoms with van der Waals surface area (Å²) in [5.41, 5.74) is 0.733. The Morgan fingerprint density at radius 3 is 2.67 bits per heavy atom. The number of benzene rings is 1.